The van der Waals surface area contributed by atoms with Crippen molar-refractivity contribution in [1.82, 2.24) is 4.90 Å². The highest BCUT2D eigenvalue weighted by Gasteiger charge is 2.28. The fourth-order valence-electron chi connectivity index (χ4n) is 2.83. The van der Waals surface area contributed by atoms with Crippen LogP contribution >= 0.6 is 0 Å². The van der Waals surface area contributed by atoms with Gasteiger partial charge in [-0.05, 0) is 39.4 Å². The molecule has 0 spiro atoms. The zero-order chi connectivity index (χ0) is 16.7. The second kappa shape index (κ2) is 14.4. The molecule has 0 amide bonds. The molecule has 0 bridgehead atoms. The number of nitrogens with zero attached hydrogens (tertiary/aromatic N) is 1. The highest BCUT2D eigenvalue weighted by molar-refractivity contribution is 4.57. The summed E-state index contributed by atoms with van der Waals surface area (Å²) in [5.41, 5.74) is 0. The van der Waals surface area contributed by atoms with Gasteiger partial charge >= 0.3 is 0 Å². The van der Waals surface area contributed by atoms with E-state index in [2.05, 4.69) is 18.9 Å². The molecule has 0 saturated carbocycles. The lowest BCUT2D eigenvalue weighted by Gasteiger charge is -2.28. The van der Waals surface area contributed by atoms with Crippen molar-refractivity contribution in [3.8, 4) is 0 Å². The van der Waals surface area contributed by atoms with E-state index in [0.717, 1.165) is 12.8 Å². The molecule has 0 heterocycles. The van der Waals surface area contributed by atoms with Gasteiger partial charge in [0.05, 0.1) is 0 Å². The predicted octanol–water partition coefficient (Wildman–Crippen LogP) is 4.43. The summed E-state index contributed by atoms with van der Waals surface area (Å²) in [7, 11) is 7.12. The van der Waals surface area contributed by atoms with Gasteiger partial charge in [-0.1, -0.05) is 45.4 Å². The molecule has 0 aromatic rings. The third-order valence-electron chi connectivity index (χ3n) is 4.31. The van der Waals surface area contributed by atoms with Crippen LogP contribution in [0.4, 0.5) is 0 Å². The van der Waals surface area contributed by atoms with E-state index in [4.69, 9.17) is 14.2 Å². The predicted molar refractivity (Wildman–Crippen MR) is 93.1 cm³/mol. The minimum atomic E-state index is -0.843. The summed E-state index contributed by atoms with van der Waals surface area (Å²) < 4.78 is 15.9. The summed E-state index contributed by atoms with van der Waals surface area (Å²) in [6.45, 7) is 4.72. The van der Waals surface area contributed by atoms with Crippen molar-refractivity contribution in [3.63, 3.8) is 0 Å². The zero-order valence-electron chi connectivity index (χ0n) is 15.7. The smallest absolute Gasteiger partial charge is 0.282 e. The maximum atomic E-state index is 5.30. The van der Waals surface area contributed by atoms with Gasteiger partial charge in [0.15, 0.2) is 0 Å². The molecule has 134 valence electrons. The number of hydrogen-bond acceptors (Lipinski definition) is 4. The van der Waals surface area contributed by atoms with Crippen LogP contribution in [0.1, 0.15) is 71.1 Å². The van der Waals surface area contributed by atoms with Crippen LogP contribution in [0, 0.1) is 0 Å². The Labute approximate surface area is 138 Å². The molecule has 4 nitrogen and oxygen atoms in total. The Bertz CT molecular complexity index is 224. The quantitative estimate of drug-likeness (QED) is 0.311. The van der Waals surface area contributed by atoms with Crippen molar-refractivity contribution in [2.45, 2.75) is 77.1 Å². The number of unbranched alkanes of at least 4 members (excludes halogenated alkanes) is 7. The molecular formula is C18H39NO3. The van der Waals surface area contributed by atoms with Crippen molar-refractivity contribution >= 4 is 0 Å². The van der Waals surface area contributed by atoms with Crippen molar-refractivity contribution in [3.05, 3.63) is 0 Å². The number of methoxy groups -OCH3 is 3. The van der Waals surface area contributed by atoms with E-state index >= 15 is 0 Å². The van der Waals surface area contributed by atoms with Crippen LogP contribution in [-0.4, -0.2) is 52.3 Å². The van der Waals surface area contributed by atoms with Crippen LogP contribution in [0.2, 0.25) is 0 Å². The average Bonchev–Trinajstić information content (AvgIpc) is 2.54. The maximum Gasteiger partial charge on any atom is 0.282 e. The van der Waals surface area contributed by atoms with Gasteiger partial charge in [-0.25, -0.2) is 0 Å². The lowest BCUT2D eigenvalue weighted by Crippen LogP contribution is -2.35. The molecule has 0 N–H and O–H groups in total. The van der Waals surface area contributed by atoms with Gasteiger partial charge in [-0.15, -0.1) is 0 Å². The SMILES string of the molecule is CCCN(C)CCCCCCCCCCC(OC)(OC)OC. The Hall–Kier alpha value is -0.160. The minimum Gasteiger partial charge on any atom is -0.331 e. The van der Waals surface area contributed by atoms with E-state index in [1.165, 1.54) is 64.5 Å². The Morgan fingerprint density at radius 2 is 1.14 bits per heavy atom. The lowest BCUT2D eigenvalue weighted by molar-refractivity contribution is -0.355. The van der Waals surface area contributed by atoms with E-state index < -0.39 is 5.97 Å². The Morgan fingerprint density at radius 3 is 1.59 bits per heavy atom. The second-order valence-electron chi connectivity index (χ2n) is 6.18. The zero-order valence-corrected chi connectivity index (χ0v) is 15.7. The fraction of sp³-hybridized carbons (Fsp3) is 1.00. The molecule has 22 heavy (non-hydrogen) atoms. The summed E-state index contributed by atoms with van der Waals surface area (Å²) in [5.74, 6) is -0.843. The van der Waals surface area contributed by atoms with Crippen LogP contribution in [0.25, 0.3) is 0 Å². The lowest BCUT2D eigenvalue weighted by atomic mass is 10.1. The fourth-order valence-corrected chi connectivity index (χ4v) is 2.83. The van der Waals surface area contributed by atoms with E-state index in [-0.39, 0.29) is 0 Å². The van der Waals surface area contributed by atoms with Crippen LogP contribution in [0.15, 0.2) is 0 Å². The van der Waals surface area contributed by atoms with Crippen molar-refractivity contribution < 1.29 is 14.2 Å². The molecule has 0 unspecified atom stereocenters. The monoisotopic (exact) mass is 317 g/mol. The van der Waals surface area contributed by atoms with Crippen LogP contribution in [0.5, 0.6) is 0 Å². The molecule has 0 rings (SSSR count). The number of ether oxygens (including phenoxy) is 3. The molecular weight excluding hydrogens is 278 g/mol. The molecule has 0 radical (unpaired) electrons. The van der Waals surface area contributed by atoms with Crippen LogP contribution < -0.4 is 0 Å². The molecule has 0 aromatic heterocycles. The molecule has 0 atom stereocenters. The highest BCUT2D eigenvalue weighted by Crippen LogP contribution is 2.21. The first kappa shape index (κ1) is 21.8. The molecule has 0 saturated heterocycles. The maximum absolute atomic E-state index is 5.30. The Morgan fingerprint density at radius 1 is 0.682 bits per heavy atom. The number of hydrogen-bond donors (Lipinski definition) is 0. The van der Waals surface area contributed by atoms with Crippen LogP contribution in [0.3, 0.4) is 0 Å². The van der Waals surface area contributed by atoms with Gasteiger partial charge in [0.1, 0.15) is 0 Å². The molecule has 0 fully saturated rings. The molecule has 0 aliphatic heterocycles. The average molecular weight is 318 g/mol. The number of rotatable bonds is 16. The van der Waals surface area contributed by atoms with Crippen molar-refractivity contribution in [2.75, 3.05) is 41.5 Å². The summed E-state index contributed by atoms with van der Waals surface area (Å²) >= 11 is 0. The molecule has 0 aliphatic carbocycles. The third-order valence-corrected chi connectivity index (χ3v) is 4.31. The van der Waals surface area contributed by atoms with Gasteiger partial charge in [0.25, 0.3) is 5.97 Å². The normalized spacial score (nSPS) is 12.3. The van der Waals surface area contributed by atoms with Gasteiger partial charge in [0, 0.05) is 27.8 Å². The molecule has 4 heteroatoms. The van der Waals surface area contributed by atoms with Crippen molar-refractivity contribution in [1.29, 1.82) is 0 Å². The Balaban J connectivity index is 3.37. The first-order valence-corrected chi connectivity index (χ1v) is 8.98. The first-order chi connectivity index (χ1) is 10.6. The first-order valence-electron chi connectivity index (χ1n) is 8.98. The van der Waals surface area contributed by atoms with Gasteiger partial charge in [-0.3, -0.25) is 0 Å². The third kappa shape index (κ3) is 10.5. The summed E-state index contributed by atoms with van der Waals surface area (Å²) in [6.07, 6.45) is 12.4. The second-order valence-corrected chi connectivity index (χ2v) is 6.18. The standard InChI is InChI=1S/C18H39NO3/c1-6-16-19(2)17-14-12-10-8-7-9-11-13-15-18(20-3,21-4)22-5/h6-17H2,1-5H3. The van der Waals surface area contributed by atoms with E-state index in [1.807, 2.05) is 0 Å². The van der Waals surface area contributed by atoms with Crippen LogP contribution in [-0.2, 0) is 14.2 Å². The van der Waals surface area contributed by atoms with Crippen molar-refractivity contribution in [2.24, 2.45) is 0 Å². The van der Waals surface area contributed by atoms with Gasteiger partial charge in [-0.2, -0.15) is 0 Å². The molecule has 0 aliphatic rings. The van der Waals surface area contributed by atoms with Gasteiger partial charge in [0.2, 0.25) is 0 Å². The summed E-state index contributed by atoms with van der Waals surface area (Å²) in [6, 6.07) is 0. The van der Waals surface area contributed by atoms with E-state index in [1.54, 1.807) is 21.3 Å². The summed E-state index contributed by atoms with van der Waals surface area (Å²) in [4.78, 5) is 2.44. The largest absolute Gasteiger partial charge is 0.331 e. The Kier molecular flexibility index (Phi) is 14.3. The molecule has 0 aromatic carbocycles. The topological polar surface area (TPSA) is 30.9 Å². The van der Waals surface area contributed by atoms with E-state index in [9.17, 15) is 0 Å². The minimum absolute atomic E-state index is 0.792. The highest BCUT2D eigenvalue weighted by atomic mass is 16.9. The van der Waals surface area contributed by atoms with E-state index in [0.29, 0.717) is 0 Å². The van der Waals surface area contributed by atoms with Gasteiger partial charge < -0.3 is 19.1 Å². The summed E-state index contributed by atoms with van der Waals surface area (Å²) in [5, 5.41) is 0.